The number of thiazole rings is 1. The number of aryl methyl sites for hydroxylation is 1. The fourth-order valence-corrected chi connectivity index (χ4v) is 4.30. The Labute approximate surface area is 159 Å². The molecule has 1 fully saturated rings. The molecule has 1 aliphatic rings. The van der Waals surface area contributed by atoms with E-state index in [1.807, 2.05) is 6.20 Å². The molecule has 1 aromatic heterocycles. The minimum Gasteiger partial charge on any atom is -0.354 e. The van der Waals surface area contributed by atoms with E-state index >= 15 is 0 Å². The largest absolute Gasteiger partial charge is 0.354 e. The van der Waals surface area contributed by atoms with E-state index in [0.29, 0.717) is 25.6 Å². The third-order valence-corrected chi connectivity index (χ3v) is 5.90. The number of benzene rings is 1. The van der Waals surface area contributed by atoms with Gasteiger partial charge in [-0.25, -0.2) is 4.98 Å². The fourth-order valence-electron chi connectivity index (χ4n) is 3.36. The standard InChI is InChI=1S/C20H28N4OS/c1-15-5-7-16(8-6-15)20-23-13-18(26-20)14-24-11-3-2-4-17(24)12-22-19(25)9-10-21/h5-8,13,17H,2-4,9-12,14,21H2,1H3,(H,22,25). The highest BCUT2D eigenvalue weighted by molar-refractivity contribution is 7.15. The maximum absolute atomic E-state index is 11.7. The highest BCUT2D eigenvalue weighted by atomic mass is 32.1. The molecule has 3 N–H and O–H groups in total. The van der Waals surface area contributed by atoms with Gasteiger partial charge in [-0.05, 0) is 26.3 Å². The predicted molar refractivity (Wildman–Crippen MR) is 107 cm³/mol. The topological polar surface area (TPSA) is 71.2 Å². The molecule has 1 aliphatic heterocycles. The molecule has 1 aromatic carbocycles. The monoisotopic (exact) mass is 372 g/mol. The molecule has 140 valence electrons. The van der Waals surface area contributed by atoms with E-state index in [1.54, 1.807) is 11.3 Å². The lowest BCUT2D eigenvalue weighted by Gasteiger charge is -2.35. The van der Waals surface area contributed by atoms with Crippen LogP contribution in [-0.4, -0.2) is 41.5 Å². The van der Waals surface area contributed by atoms with E-state index in [2.05, 4.69) is 46.4 Å². The molecule has 0 radical (unpaired) electrons. The summed E-state index contributed by atoms with van der Waals surface area (Å²) in [6, 6.07) is 8.92. The number of hydrogen-bond acceptors (Lipinski definition) is 5. The third kappa shape index (κ3) is 5.13. The third-order valence-electron chi connectivity index (χ3n) is 4.87. The van der Waals surface area contributed by atoms with Crippen LogP contribution in [0.5, 0.6) is 0 Å². The highest BCUT2D eigenvalue weighted by Crippen LogP contribution is 2.28. The van der Waals surface area contributed by atoms with Gasteiger partial charge in [-0.3, -0.25) is 9.69 Å². The zero-order valence-corrected chi connectivity index (χ0v) is 16.2. The molecular weight excluding hydrogens is 344 g/mol. The zero-order chi connectivity index (χ0) is 18.4. The molecular formula is C20H28N4OS. The summed E-state index contributed by atoms with van der Waals surface area (Å²) < 4.78 is 0. The van der Waals surface area contributed by atoms with Crippen molar-refractivity contribution >= 4 is 17.2 Å². The van der Waals surface area contributed by atoms with E-state index < -0.39 is 0 Å². The Hall–Kier alpha value is -1.76. The van der Waals surface area contributed by atoms with Gasteiger partial charge in [-0.2, -0.15) is 0 Å². The van der Waals surface area contributed by atoms with Crippen molar-refractivity contribution in [2.24, 2.45) is 5.73 Å². The number of amides is 1. The molecule has 3 rings (SSSR count). The summed E-state index contributed by atoms with van der Waals surface area (Å²) in [6.07, 6.45) is 5.98. The Bertz CT molecular complexity index is 713. The molecule has 2 heterocycles. The van der Waals surface area contributed by atoms with Crippen molar-refractivity contribution in [1.82, 2.24) is 15.2 Å². The Kier molecular flexibility index (Phi) is 6.77. The highest BCUT2D eigenvalue weighted by Gasteiger charge is 2.23. The Morgan fingerprint density at radius 1 is 1.35 bits per heavy atom. The first-order valence-electron chi connectivity index (χ1n) is 9.38. The number of piperidine rings is 1. The SMILES string of the molecule is Cc1ccc(-c2ncc(CN3CCCCC3CNC(=O)CCN)s2)cc1. The van der Waals surface area contributed by atoms with Gasteiger partial charge in [0.25, 0.3) is 0 Å². The van der Waals surface area contributed by atoms with Crippen molar-refractivity contribution < 1.29 is 4.79 Å². The van der Waals surface area contributed by atoms with Crippen LogP contribution in [0.1, 0.15) is 36.1 Å². The number of carbonyl (C=O) groups is 1. The minimum absolute atomic E-state index is 0.0532. The summed E-state index contributed by atoms with van der Waals surface area (Å²) in [5, 5.41) is 4.11. The van der Waals surface area contributed by atoms with Crippen molar-refractivity contribution in [2.45, 2.75) is 45.2 Å². The number of likely N-dealkylation sites (tertiary alicyclic amines) is 1. The molecule has 26 heavy (non-hydrogen) atoms. The molecule has 1 atom stereocenters. The van der Waals surface area contributed by atoms with Crippen LogP contribution in [0, 0.1) is 6.92 Å². The number of nitrogens with one attached hydrogen (secondary N) is 1. The van der Waals surface area contributed by atoms with E-state index in [9.17, 15) is 4.79 Å². The molecule has 0 spiro atoms. The van der Waals surface area contributed by atoms with Crippen molar-refractivity contribution in [3.8, 4) is 10.6 Å². The van der Waals surface area contributed by atoms with E-state index in [-0.39, 0.29) is 5.91 Å². The number of nitrogens with zero attached hydrogens (tertiary/aromatic N) is 2. The lowest BCUT2D eigenvalue weighted by atomic mass is 10.0. The number of nitrogens with two attached hydrogens (primary N) is 1. The molecule has 1 unspecified atom stereocenters. The van der Waals surface area contributed by atoms with Crippen LogP contribution in [0.15, 0.2) is 30.5 Å². The Morgan fingerprint density at radius 2 is 2.15 bits per heavy atom. The average molecular weight is 373 g/mol. The van der Waals surface area contributed by atoms with E-state index in [4.69, 9.17) is 5.73 Å². The number of aromatic nitrogens is 1. The molecule has 6 heteroatoms. The molecule has 0 bridgehead atoms. The van der Waals surface area contributed by atoms with Gasteiger partial charge in [0.15, 0.2) is 0 Å². The lowest BCUT2D eigenvalue weighted by molar-refractivity contribution is -0.121. The molecule has 5 nitrogen and oxygen atoms in total. The van der Waals surface area contributed by atoms with Gasteiger partial charge in [0.1, 0.15) is 5.01 Å². The van der Waals surface area contributed by atoms with Crippen LogP contribution in [0.3, 0.4) is 0 Å². The predicted octanol–water partition coefficient (Wildman–Crippen LogP) is 2.94. The number of carbonyl (C=O) groups excluding carboxylic acids is 1. The van der Waals surface area contributed by atoms with E-state index in [1.165, 1.54) is 28.8 Å². The quantitative estimate of drug-likeness (QED) is 0.784. The van der Waals surface area contributed by atoms with Crippen LogP contribution in [-0.2, 0) is 11.3 Å². The van der Waals surface area contributed by atoms with Crippen LogP contribution >= 0.6 is 11.3 Å². The van der Waals surface area contributed by atoms with Gasteiger partial charge in [-0.1, -0.05) is 36.2 Å². The van der Waals surface area contributed by atoms with Crippen molar-refractivity contribution in [3.05, 3.63) is 40.9 Å². The normalized spacial score (nSPS) is 18.0. The summed E-state index contributed by atoms with van der Waals surface area (Å²) >= 11 is 1.76. The zero-order valence-electron chi connectivity index (χ0n) is 15.4. The van der Waals surface area contributed by atoms with Crippen LogP contribution < -0.4 is 11.1 Å². The molecule has 0 saturated carbocycles. The summed E-state index contributed by atoms with van der Waals surface area (Å²) in [6.45, 7) is 5.20. The Balaban J connectivity index is 1.61. The second kappa shape index (κ2) is 9.26. The lowest BCUT2D eigenvalue weighted by Crippen LogP contribution is -2.46. The molecule has 1 amide bonds. The van der Waals surface area contributed by atoms with Crippen molar-refractivity contribution in [3.63, 3.8) is 0 Å². The number of rotatable bonds is 7. The van der Waals surface area contributed by atoms with Gasteiger partial charge in [0.2, 0.25) is 5.91 Å². The van der Waals surface area contributed by atoms with Gasteiger partial charge < -0.3 is 11.1 Å². The molecule has 2 aromatic rings. The van der Waals surface area contributed by atoms with Crippen LogP contribution in [0.4, 0.5) is 0 Å². The summed E-state index contributed by atoms with van der Waals surface area (Å²) in [5.74, 6) is 0.0532. The number of hydrogen-bond donors (Lipinski definition) is 2. The van der Waals surface area contributed by atoms with Crippen molar-refractivity contribution in [2.75, 3.05) is 19.6 Å². The second-order valence-electron chi connectivity index (χ2n) is 6.96. The second-order valence-corrected chi connectivity index (χ2v) is 8.08. The molecule has 0 aliphatic carbocycles. The van der Waals surface area contributed by atoms with Crippen LogP contribution in [0.25, 0.3) is 10.6 Å². The van der Waals surface area contributed by atoms with Crippen molar-refractivity contribution in [1.29, 1.82) is 0 Å². The maximum atomic E-state index is 11.7. The smallest absolute Gasteiger partial charge is 0.221 e. The Morgan fingerprint density at radius 3 is 2.92 bits per heavy atom. The first kappa shape index (κ1) is 19.0. The van der Waals surface area contributed by atoms with Gasteiger partial charge in [0, 0.05) is 48.7 Å². The van der Waals surface area contributed by atoms with Gasteiger partial charge >= 0.3 is 0 Å². The molecule has 1 saturated heterocycles. The van der Waals surface area contributed by atoms with Gasteiger partial charge in [0.05, 0.1) is 0 Å². The first-order valence-corrected chi connectivity index (χ1v) is 10.2. The van der Waals surface area contributed by atoms with E-state index in [0.717, 1.165) is 24.5 Å². The first-order chi connectivity index (χ1) is 12.7. The maximum Gasteiger partial charge on any atom is 0.221 e. The van der Waals surface area contributed by atoms with Crippen LogP contribution in [0.2, 0.25) is 0 Å². The summed E-state index contributed by atoms with van der Waals surface area (Å²) in [4.78, 5) is 20.1. The summed E-state index contributed by atoms with van der Waals surface area (Å²) in [7, 11) is 0. The average Bonchev–Trinajstić information content (AvgIpc) is 3.10. The summed E-state index contributed by atoms with van der Waals surface area (Å²) in [5.41, 5.74) is 7.89. The fraction of sp³-hybridized carbons (Fsp3) is 0.500. The minimum atomic E-state index is 0.0532. The van der Waals surface area contributed by atoms with Gasteiger partial charge in [-0.15, -0.1) is 11.3 Å².